The van der Waals surface area contributed by atoms with E-state index >= 15 is 0 Å². The third kappa shape index (κ3) is 5.43. The van der Waals surface area contributed by atoms with Gasteiger partial charge in [-0.2, -0.15) is 13.2 Å². The van der Waals surface area contributed by atoms with Gasteiger partial charge in [-0.3, -0.25) is 9.69 Å². The minimum Gasteiger partial charge on any atom is -0.489 e. The molecule has 3 aromatic rings. The van der Waals surface area contributed by atoms with Gasteiger partial charge in [0.25, 0.3) is 5.91 Å². The highest BCUT2D eigenvalue weighted by Crippen LogP contribution is 2.38. The van der Waals surface area contributed by atoms with Gasteiger partial charge in [0.1, 0.15) is 18.2 Å². The zero-order valence-corrected chi connectivity index (χ0v) is 18.4. The van der Waals surface area contributed by atoms with Crippen molar-refractivity contribution in [2.75, 3.05) is 4.90 Å². The van der Waals surface area contributed by atoms with Crippen molar-refractivity contribution < 1.29 is 27.1 Å². The predicted molar refractivity (Wildman–Crippen MR) is 124 cm³/mol. The molecule has 1 saturated heterocycles. The Balaban J connectivity index is 1.52. The minimum absolute atomic E-state index is 0.0621. The summed E-state index contributed by atoms with van der Waals surface area (Å²) < 4.78 is 58.1. The summed E-state index contributed by atoms with van der Waals surface area (Å²) in [6.45, 7) is 0.237. The molecule has 0 radical (unpaired) electrons. The fraction of sp³-hybridized carbons (Fsp3) is 0.0833. The fourth-order valence-electron chi connectivity index (χ4n) is 3.10. The van der Waals surface area contributed by atoms with Crippen LogP contribution in [0.1, 0.15) is 16.7 Å². The molecule has 3 aromatic carbocycles. The predicted octanol–water partition coefficient (Wildman–Crippen LogP) is 6.83. The lowest BCUT2D eigenvalue weighted by atomic mass is 10.1. The van der Waals surface area contributed by atoms with E-state index in [1.807, 2.05) is 0 Å². The number of carbonyl (C=O) groups excluding carboxylic acids is 1. The summed E-state index contributed by atoms with van der Waals surface area (Å²) in [4.78, 5) is 14.3. The van der Waals surface area contributed by atoms with Crippen molar-refractivity contribution in [2.24, 2.45) is 0 Å². The van der Waals surface area contributed by atoms with Gasteiger partial charge in [0.2, 0.25) is 0 Å². The second kappa shape index (κ2) is 9.36. The van der Waals surface area contributed by atoms with Crippen molar-refractivity contribution in [2.45, 2.75) is 12.8 Å². The van der Waals surface area contributed by atoms with Gasteiger partial charge in [0.15, 0.2) is 4.32 Å². The Hall–Kier alpha value is -3.17. The summed E-state index contributed by atoms with van der Waals surface area (Å²) in [5.74, 6) is -0.286. The molecule has 168 valence electrons. The Morgan fingerprint density at radius 1 is 1.00 bits per heavy atom. The average Bonchev–Trinajstić information content (AvgIpc) is 3.06. The Labute approximate surface area is 196 Å². The number of anilines is 1. The molecular formula is C24H15F4NO2S2. The maximum absolute atomic E-state index is 13.1. The Morgan fingerprint density at radius 2 is 1.73 bits per heavy atom. The van der Waals surface area contributed by atoms with Crippen LogP contribution >= 0.6 is 24.0 Å². The smallest absolute Gasteiger partial charge is 0.416 e. The van der Waals surface area contributed by atoms with Gasteiger partial charge < -0.3 is 4.74 Å². The summed E-state index contributed by atoms with van der Waals surface area (Å²) in [6.07, 6.45) is -2.92. The topological polar surface area (TPSA) is 29.5 Å². The maximum atomic E-state index is 13.1. The number of amides is 1. The molecule has 1 aliphatic heterocycles. The number of ether oxygens (including phenoxy) is 1. The number of halogens is 4. The Morgan fingerprint density at radius 3 is 2.45 bits per heavy atom. The number of hydrogen-bond acceptors (Lipinski definition) is 4. The van der Waals surface area contributed by atoms with Crippen molar-refractivity contribution >= 4 is 46.0 Å². The van der Waals surface area contributed by atoms with Gasteiger partial charge in [-0.1, -0.05) is 54.3 Å². The highest BCUT2D eigenvalue weighted by atomic mass is 32.2. The number of thiocarbonyl (C=S) groups is 1. The van der Waals surface area contributed by atoms with Crippen molar-refractivity contribution in [3.63, 3.8) is 0 Å². The number of carbonyl (C=O) groups is 1. The van der Waals surface area contributed by atoms with Gasteiger partial charge in [-0.15, -0.1) is 0 Å². The van der Waals surface area contributed by atoms with Crippen LogP contribution in [0.15, 0.2) is 77.7 Å². The third-order valence-electron chi connectivity index (χ3n) is 4.70. The molecule has 33 heavy (non-hydrogen) atoms. The van der Waals surface area contributed by atoms with Gasteiger partial charge in [-0.25, -0.2) is 4.39 Å². The first kappa shape index (κ1) is 23.0. The molecule has 0 N–H and O–H groups in total. The molecule has 0 aliphatic carbocycles. The molecule has 1 amide bonds. The number of benzene rings is 3. The van der Waals surface area contributed by atoms with Crippen LogP contribution in [0.2, 0.25) is 0 Å². The van der Waals surface area contributed by atoms with Crippen LogP contribution in [0, 0.1) is 5.82 Å². The molecule has 0 atom stereocenters. The Bertz CT molecular complexity index is 1240. The normalized spacial score (nSPS) is 15.4. The molecular weight excluding hydrogens is 474 g/mol. The first-order chi connectivity index (χ1) is 15.7. The monoisotopic (exact) mass is 489 g/mol. The number of thioether (sulfide) groups is 1. The average molecular weight is 490 g/mol. The fourth-order valence-corrected chi connectivity index (χ4v) is 4.40. The van der Waals surface area contributed by atoms with Crippen LogP contribution in [0.25, 0.3) is 6.08 Å². The van der Waals surface area contributed by atoms with Gasteiger partial charge in [-0.05, 0) is 59.7 Å². The van der Waals surface area contributed by atoms with E-state index in [0.29, 0.717) is 11.3 Å². The number of alkyl halides is 3. The second-order valence-corrected chi connectivity index (χ2v) is 8.73. The molecule has 9 heteroatoms. The quantitative estimate of drug-likeness (QED) is 0.223. The molecule has 0 unspecified atom stereocenters. The van der Waals surface area contributed by atoms with E-state index in [2.05, 4.69) is 0 Å². The van der Waals surface area contributed by atoms with Gasteiger partial charge in [0, 0.05) is 0 Å². The Kier molecular flexibility index (Phi) is 6.53. The van der Waals surface area contributed by atoms with E-state index in [4.69, 9.17) is 17.0 Å². The summed E-state index contributed by atoms with van der Waals surface area (Å²) in [5, 5.41) is 0. The summed E-state index contributed by atoms with van der Waals surface area (Å²) in [6, 6.07) is 17.4. The van der Waals surface area contributed by atoms with Crippen LogP contribution < -0.4 is 9.64 Å². The third-order valence-corrected chi connectivity index (χ3v) is 6.00. The van der Waals surface area contributed by atoms with Crippen LogP contribution in [-0.2, 0) is 17.6 Å². The molecule has 1 aliphatic rings. The van der Waals surface area contributed by atoms with Crippen LogP contribution in [-0.4, -0.2) is 10.2 Å². The molecule has 0 aromatic heterocycles. The molecule has 0 bridgehead atoms. The van der Waals surface area contributed by atoms with E-state index in [-0.39, 0.29) is 27.3 Å². The lowest BCUT2D eigenvalue weighted by molar-refractivity contribution is -0.137. The zero-order valence-electron chi connectivity index (χ0n) is 16.8. The van der Waals surface area contributed by atoms with Gasteiger partial charge in [0.05, 0.1) is 16.2 Å². The van der Waals surface area contributed by atoms with E-state index < -0.39 is 17.6 Å². The second-order valence-electron chi connectivity index (χ2n) is 7.05. The number of nitrogens with zero attached hydrogens (tertiary/aromatic N) is 1. The number of rotatable bonds is 5. The lowest BCUT2D eigenvalue weighted by Gasteiger charge is -2.16. The van der Waals surface area contributed by atoms with Crippen LogP contribution in [0.5, 0.6) is 5.75 Å². The van der Waals surface area contributed by atoms with Crippen LogP contribution in [0.3, 0.4) is 0 Å². The summed E-state index contributed by atoms with van der Waals surface area (Å²) >= 11 is 6.27. The largest absolute Gasteiger partial charge is 0.489 e. The van der Waals surface area contributed by atoms with Crippen molar-refractivity contribution in [1.29, 1.82) is 0 Å². The summed E-state index contributed by atoms with van der Waals surface area (Å²) in [7, 11) is 0. The van der Waals surface area contributed by atoms with E-state index in [9.17, 15) is 22.4 Å². The van der Waals surface area contributed by atoms with Crippen molar-refractivity contribution in [1.82, 2.24) is 0 Å². The maximum Gasteiger partial charge on any atom is 0.416 e. The lowest BCUT2D eigenvalue weighted by Crippen LogP contribution is -2.27. The highest BCUT2D eigenvalue weighted by Gasteiger charge is 2.36. The standard InChI is InChI=1S/C24H15F4NO2S2/c25-18-9-7-15(8-10-18)14-31-20-6-1-3-16(11-20)12-21-22(30)29(23(32)33-21)19-5-2-4-17(13-19)24(26,27)28/h1-13H,14H2/b21-12+. The molecule has 1 fully saturated rings. The van der Waals surface area contributed by atoms with Gasteiger partial charge >= 0.3 is 6.18 Å². The molecule has 4 rings (SSSR count). The van der Waals surface area contributed by atoms with Crippen LogP contribution in [0.4, 0.5) is 23.2 Å². The molecule has 1 heterocycles. The summed E-state index contributed by atoms with van der Waals surface area (Å²) in [5.41, 5.74) is 0.663. The zero-order chi connectivity index (χ0) is 23.6. The first-order valence-corrected chi connectivity index (χ1v) is 10.9. The molecule has 3 nitrogen and oxygen atoms in total. The van der Waals surface area contributed by atoms with Crippen molar-refractivity contribution in [3.05, 3.63) is 100 Å². The van der Waals surface area contributed by atoms with E-state index in [0.717, 1.165) is 34.4 Å². The molecule has 0 saturated carbocycles. The minimum atomic E-state index is -4.53. The van der Waals surface area contributed by atoms with E-state index in [1.54, 1.807) is 42.5 Å². The first-order valence-electron chi connectivity index (χ1n) is 9.63. The highest BCUT2D eigenvalue weighted by molar-refractivity contribution is 8.27. The SMILES string of the molecule is O=C1/C(=C\c2cccc(OCc3ccc(F)cc3)c2)SC(=S)N1c1cccc(C(F)(F)F)c1. The van der Waals surface area contributed by atoms with E-state index in [1.165, 1.54) is 24.3 Å². The number of hydrogen-bond donors (Lipinski definition) is 0. The van der Waals surface area contributed by atoms with Crippen molar-refractivity contribution in [3.8, 4) is 5.75 Å². The molecule has 0 spiro atoms.